The Bertz CT molecular complexity index is 755. The van der Waals surface area contributed by atoms with Crippen LogP contribution in [0.25, 0.3) is 0 Å². The van der Waals surface area contributed by atoms with Crippen molar-refractivity contribution in [1.82, 2.24) is 5.32 Å². The van der Waals surface area contributed by atoms with Gasteiger partial charge in [-0.1, -0.05) is 48.0 Å². The van der Waals surface area contributed by atoms with Crippen LogP contribution in [0.5, 0.6) is 5.75 Å². The average Bonchev–Trinajstić information content (AvgIpc) is 2.63. The summed E-state index contributed by atoms with van der Waals surface area (Å²) in [6, 6.07) is 15.2. The first-order valence-corrected chi connectivity index (χ1v) is 8.74. The van der Waals surface area contributed by atoms with Gasteiger partial charge in [-0.05, 0) is 19.4 Å². The summed E-state index contributed by atoms with van der Waals surface area (Å²) >= 11 is 0. The molecule has 0 fully saturated rings. The third kappa shape index (κ3) is 4.47. The minimum Gasteiger partial charge on any atom is -0.493 e. The van der Waals surface area contributed by atoms with Gasteiger partial charge in [0.2, 0.25) is 5.91 Å². The Hall–Kier alpha value is -2.62. The first-order valence-electron chi connectivity index (χ1n) is 8.74. The molecular weight excluding hydrogens is 314 g/mol. The average molecular weight is 337 g/mol. The number of Topliss-reactive ketones (excluding diaryl/α,β-unsaturated/α-hetero) is 1. The van der Waals surface area contributed by atoms with Crippen LogP contribution < -0.4 is 10.1 Å². The summed E-state index contributed by atoms with van der Waals surface area (Å²) in [6.45, 7) is 2.64. The van der Waals surface area contributed by atoms with Crippen molar-refractivity contribution in [2.75, 3.05) is 6.61 Å². The van der Waals surface area contributed by atoms with Crippen molar-refractivity contribution >= 4 is 11.7 Å². The van der Waals surface area contributed by atoms with E-state index in [-0.39, 0.29) is 17.7 Å². The Morgan fingerprint density at radius 1 is 1.12 bits per heavy atom. The number of amides is 1. The van der Waals surface area contributed by atoms with E-state index in [1.807, 2.05) is 49.4 Å². The number of carbonyl (C=O) groups is 2. The topological polar surface area (TPSA) is 55.4 Å². The molecule has 1 heterocycles. The van der Waals surface area contributed by atoms with Crippen molar-refractivity contribution in [3.8, 4) is 5.75 Å². The third-order valence-corrected chi connectivity index (χ3v) is 4.44. The van der Waals surface area contributed by atoms with Gasteiger partial charge in [0, 0.05) is 30.4 Å². The summed E-state index contributed by atoms with van der Waals surface area (Å²) in [5.41, 5.74) is 2.90. The predicted octanol–water partition coefficient (Wildman–Crippen LogP) is 3.99. The number of rotatable bonds is 6. The van der Waals surface area contributed by atoms with Gasteiger partial charge in [0.1, 0.15) is 5.75 Å². The maximum atomic E-state index is 12.3. The van der Waals surface area contributed by atoms with E-state index in [9.17, 15) is 9.59 Å². The minimum absolute atomic E-state index is 0.0130. The molecule has 0 radical (unpaired) electrons. The highest BCUT2D eigenvalue weighted by molar-refractivity contribution is 5.96. The van der Waals surface area contributed by atoms with Gasteiger partial charge >= 0.3 is 0 Å². The molecule has 0 saturated carbocycles. The molecule has 130 valence electrons. The zero-order valence-electron chi connectivity index (χ0n) is 14.5. The van der Waals surface area contributed by atoms with E-state index in [1.165, 1.54) is 0 Å². The molecule has 0 aromatic heterocycles. The highest BCUT2D eigenvalue weighted by atomic mass is 16.5. The summed E-state index contributed by atoms with van der Waals surface area (Å²) in [6.07, 6.45) is 2.08. The van der Waals surface area contributed by atoms with E-state index in [4.69, 9.17) is 4.74 Å². The molecule has 1 N–H and O–H groups in total. The van der Waals surface area contributed by atoms with Gasteiger partial charge in [0.25, 0.3) is 0 Å². The first-order chi connectivity index (χ1) is 12.1. The lowest BCUT2D eigenvalue weighted by Gasteiger charge is -2.27. The quantitative estimate of drug-likeness (QED) is 0.811. The molecule has 1 atom stereocenters. The fraction of sp³-hybridized carbons (Fsp3) is 0.333. The van der Waals surface area contributed by atoms with Crippen molar-refractivity contribution in [3.05, 3.63) is 65.2 Å². The van der Waals surface area contributed by atoms with Gasteiger partial charge in [-0.3, -0.25) is 9.59 Å². The van der Waals surface area contributed by atoms with Crippen molar-refractivity contribution in [3.63, 3.8) is 0 Å². The van der Waals surface area contributed by atoms with Crippen LogP contribution in [0.15, 0.2) is 48.5 Å². The molecule has 0 spiro atoms. The smallest absolute Gasteiger partial charge is 0.220 e. The second-order valence-electron chi connectivity index (χ2n) is 6.44. The zero-order chi connectivity index (χ0) is 17.6. The van der Waals surface area contributed by atoms with Gasteiger partial charge in [0.05, 0.1) is 12.6 Å². The van der Waals surface area contributed by atoms with Crippen molar-refractivity contribution in [1.29, 1.82) is 0 Å². The first kappa shape index (κ1) is 17.2. The predicted molar refractivity (Wildman–Crippen MR) is 96.8 cm³/mol. The van der Waals surface area contributed by atoms with Crippen molar-refractivity contribution in [2.45, 2.75) is 38.6 Å². The lowest BCUT2D eigenvalue weighted by Crippen LogP contribution is -2.32. The molecule has 0 bridgehead atoms. The van der Waals surface area contributed by atoms with Crippen LogP contribution in [-0.4, -0.2) is 18.3 Å². The Kier molecular flexibility index (Phi) is 5.49. The van der Waals surface area contributed by atoms with Crippen LogP contribution in [0, 0.1) is 6.92 Å². The summed E-state index contributed by atoms with van der Waals surface area (Å²) in [7, 11) is 0. The van der Waals surface area contributed by atoms with Gasteiger partial charge in [-0.2, -0.15) is 0 Å². The maximum Gasteiger partial charge on any atom is 0.220 e. The molecule has 0 aliphatic carbocycles. The Morgan fingerprint density at radius 2 is 1.92 bits per heavy atom. The van der Waals surface area contributed by atoms with Crippen LogP contribution in [0.4, 0.5) is 0 Å². The van der Waals surface area contributed by atoms with Crippen LogP contribution in [-0.2, 0) is 4.79 Å². The molecule has 4 heteroatoms. The number of hydrogen-bond acceptors (Lipinski definition) is 3. The van der Waals surface area contributed by atoms with Crippen LogP contribution in [0.3, 0.4) is 0 Å². The van der Waals surface area contributed by atoms with Crippen LogP contribution in [0.1, 0.15) is 53.2 Å². The van der Waals surface area contributed by atoms with Gasteiger partial charge < -0.3 is 10.1 Å². The maximum absolute atomic E-state index is 12.3. The van der Waals surface area contributed by atoms with Crippen LogP contribution in [0.2, 0.25) is 0 Å². The SMILES string of the molecule is Cc1ccc2c(c1)C(NC(=O)CCCC(=O)c1ccccc1)CCO2. The largest absolute Gasteiger partial charge is 0.493 e. The standard InChI is InChI=1S/C21H23NO3/c1-15-10-11-20-17(14-15)18(12-13-25-20)22-21(24)9-5-8-19(23)16-6-3-2-4-7-16/h2-4,6-7,10-11,14,18H,5,8-9,12-13H2,1H3,(H,22,24). The van der Waals surface area contributed by atoms with E-state index in [0.717, 1.165) is 23.3 Å². The number of aryl methyl sites for hydroxylation is 1. The highest BCUT2D eigenvalue weighted by Gasteiger charge is 2.23. The number of carbonyl (C=O) groups excluding carboxylic acids is 2. The number of hydrogen-bond donors (Lipinski definition) is 1. The molecule has 1 unspecified atom stereocenters. The second-order valence-corrected chi connectivity index (χ2v) is 6.44. The Morgan fingerprint density at radius 3 is 2.72 bits per heavy atom. The fourth-order valence-corrected chi connectivity index (χ4v) is 3.11. The van der Waals surface area contributed by atoms with Crippen LogP contribution >= 0.6 is 0 Å². The molecule has 2 aromatic carbocycles. The molecule has 3 rings (SSSR count). The van der Waals surface area contributed by atoms with E-state index >= 15 is 0 Å². The zero-order valence-corrected chi connectivity index (χ0v) is 14.5. The number of ketones is 1. The monoisotopic (exact) mass is 337 g/mol. The number of ether oxygens (including phenoxy) is 1. The summed E-state index contributed by atoms with van der Waals surface area (Å²) in [5, 5.41) is 3.09. The molecular formula is C21H23NO3. The molecule has 25 heavy (non-hydrogen) atoms. The summed E-state index contributed by atoms with van der Waals surface area (Å²) in [5.74, 6) is 0.919. The van der Waals surface area contributed by atoms with Crippen molar-refractivity contribution in [2.24, 2.45) is 0 Å². The van der Waals surface area contributed by atoms with Gasteiger partial charge in [0.15, 0.2) is 5.78 Å². The van der Waals surface area contributed by atoms with Gasteiger partial charge in [-0.25, -0.2) is 0 Å². The molecule has 4 nitrogen and oxygen atoms in total. The van der Waals surface area contributed by atoms with E-state index in [1.54, 1.807) is 0 Å². The summed E-state index contributed by atoms with van der Waals surface area (Å²) in [4.78, 5) is 24.3. The fourth-order valence-electron chi connectivity index (χ4n) is 3.11. The Balaban J connectivity index is 1.51. The third-order valence-electron chi connectivity index (χ3n) is 4.44. The summed E-state index contributed by atoms with van der Waals surface area (Å²) < 4.78 is 5.66. The van der Waals surface area contributed by atoms with Crippen molar-refractivity contribution < 1.29 is 14.3 Å². The molecule has 0 saturated heterocycles. The molecule has 1 aliphatic rings. The Labute approximate surface area is 148 Å². The normalized spacial score (nSPS) is 15.8. The van der Waals surface area contributed by atoms with E-state index in [2.05, 4.69) is 11.4 Å². The number of benzene rings is 2. The van der Waals surface area contributed by atoms with Gasteiger partial charge in [-0.15, -0.1) is 0 Å². The lowest BCUT2D eigenvalue weighted by atomic mass is 9.98. The number of nitrogens with one attached hydrogen (secondary N) is 1. The van der Waals surface area contributed by atoms with E-state index in [0.29, 0.717) is 31.4 Å². The number of fused-ring (bicyclic) bond motifs is 1. The highest BCUT2D eigenvalue weighted by Crippen LogP contribution is 2.32. The molecule has 1 amide bonds. The molecule has 1 aliphatic heterocycles. The molecule has 2 aromatic rings. The minimum atomic E-state index is -0.0137. The second kappa shape index (κ2) is 7.97. The van der Waals surface area contributed by atoms with E-state index < -0.39 is 0 Å². The lowest BCUT2D eigenvalue weighted by molar-refractivity contribution is -0.122.